The molecule has 0 aromatic heterocycles. The molecule has 0 spiro atoms. The van der Waals surface area contributed by atoms with E-state index in [0.29, 0.717) is 26.1 Å². The normalized spacial score (nSPS) is 22.1. The maximum absolute atomic E-state index is 13.2. The Morgan fingerprint density at radius 2 is 1.69 bits per heavy atom. The average Bonchev–Trinajstić information content (AvgIpc) is 3.39. The van der Waals surface area contributed by atoms with E-state index < -0.39 is 5.41 Å². The fourth-order valence-corrected chi connectivity index (χ4v) is 3.71. The van der Waals surface area contributed by atoms with Crippen LogP contribution < -0.4 is 0 Å². The molecule has 4 heteroatoms. The Morgan fingerprint density at radius 3 is 2.27 bits per heavy atom. The Hall–Kier alpha value is -2.62. The van der Waals surface area contributed by atoms with Gasteiger partial charge in [-0.05, 0) is 25.8 Å². The highest BCUT2D eigenvalue weighted by Gasteiger charge is 2.63. The predicted octanol–water partition coefficient (Wildman–Crippen LogP) is 3.59. The lowest BCUT2D eigenvalue weighted by molar-refractivity contribution is -0.471. The zero-order chi connectivity index (χ0) is 18.6. The van der Waals surface area contributed by atoms with Crippen molar-refractivity contribution in [3.05, 3.63) is 77.0 Å². The molecule has 4 nitrogen and oxygen atoms in total. The monoisotopic (exact) mass is 350 g/mol. The third kappa shape index (κ3) is 3.50. The van der Waals surface area contributed by atoms with E-state index in [2.05, 4.69) is 0 Å². The summed E-state index contributed by atoms with van der Waals surface area (Å²) in [4.78, 5) is 15.1. The van der Waals surface area contributed by atoms with Gasteiger partial charge in [-0.15, -0.1) is 0 Å². The van der Waals surface area contributed by atoms with Gasteiger partial charge in [-0.25, -0.2) is 4.74 Å². The first-order valence-corrected chi connectivity index (χ1v) is 9.29. The lowest BCUT2D eigenvalue weighted by Crippen LogP contribution is -2.40. The minimum Gasteiger partial charge on any atom is -0.624 e. The number of rotatable bonds is 7. The summed E-state index contributed by atoms with van der Waals surface area (Å²) < 4.78 is 0.972. The van der Waals surface area contributed by atoms with Crippen LogP contribution in [0.3, 0.4) is 0 Å². The molecule has 26 heavy (non-hydrogen) atoms. The minimum atomic E-state index is -0.591. The van der Waals surface area contributed by atoms with Crippen LogP contribution in [0, 0.1) is 11.1 Å². The summed E-state index contributed by atoms with van der Waals surface area (Å²) in [7, 11) is 0. The van der Waals surface area contributed by atoms with Crippen molar-refractivity contribution in [2.24, 2.45) is 5.92 Å². The van der Waals surface area contributed by atoms with E-state index in [1.54, 1.807) is 6.21 Å². The van der Waals surface area contributed by atoms with E-state index >= 15 is 0 Å². The molecule has 0 heterocycles. The Kier molecular flexibility index (Phi) is 5.40. The molecule has 3 rings (SSSR count). The van der Waals surface area contributed by atoms with Gasteiger partial charge in [0, 0.05) is 18.7 Å². The predicted molar refractivity (Wildman–Crippen MR) is 104 cm³/mol. The van der Waals surface area contributed by atoms with Crippen LogP contribution in [0.15, 0.2) is 60.7 Å². The van der Waals surface area contributed by atoms with Crippen molar-refractivity contribution in [1.29, 1.82) is 0 Å². The Bertz CT molecular complexity index is 769. The zero-order valence-electron chi connectivity index (χ0n) is 15.5. The van der Waals surface area contributed by atoms with Crippen LogP contribution in [0.5, 0.6) is 0 Å². The van der Waals surface area contributed by atoms with Gasteiger partial charge in [-0.1, -0.05) is 60.7 Å². The van der Waals surface area contributed by atoms with Crippen LogP contribution in [0.1, 0.15) is 31.4 Å². The summed E-state index contributed by atoms with van der Waals surface area (Å²) in [6.07, 6.45) is 2.39. The first kappa shape index (κ1) is 18.2. The van der Waals surface area contributed by atoms with Gasteiger partial charge in [0.2, 0.25) is 5.91 Å². The highest BCUT2D eigenvalue weighted by atomic mass is 16.5. The smallest absolute Gasteiger partial charge is 0.234 e. The van der Waals surface area contributed by atoms with Crippen molar-refractivity contribution in [2.75, 3.05) is 13.1 Å². The van der Waals surface area contributed by atoms with Crippen molar-refractivity contribution >= 4 is 12.1 Å². The maximum atomic E-state index is 13.2. The number of hydrogen-bond acceptors (Lipinski definition) is 2. The molecule has 2 aromatic rings. The number of benzene rings is 2. The molecule has 1 aliphatic rings. The van der Waals surface area contributed by atoms with E-state index in [0.717, 1.165) is 15.9 Å². The largest absolute Gasteiger partial charge is 0.624 e. The topological polar surface area (TPSA) is 46.4 Å². The summed E-state index contributed by atoms with van der Waals surface area (Å²) in [5, 5.41) is 12.4. The van der Waals surface area contributed by atoms with Crippen LogP contribution >= 0.6 is 0 Å². The SMILES string of the molecule is CCN(CC)C(=O)[C@]1(c2ccccc2)C[C@@H]1/C=[N+](/[O-])Cc1ccccc1. The number of carbonyl (C=O) groups is 1. The Morgan fingerprint density at radius 1 is 1.12 bits per heavy atom. The molecule has 1 saturated carbocycles. The van der Waals surface area contributed by atoms with Crippen molar-refractivity contribution < 1.29 is 9.53 Å². The second kappa shape index (κ2) is 7.73. The molecule has 0 bridgehead atoms. The summed E-state index contributed by atoms with van der Waals surface area (Å²) in [5.74, 6) is 0.0715. The van der Waals surface area contributed by atoms with E-state index in [9.17, 15) is 10.0 Å². The fraction of sp³-hybridized carbons (Fsp3) is 0.364. The summed E-state index contributed by atoms with van der Waals surface area (Å²) in [6.45, 7) is 5.66. The van der Waals surface area contributed by atoms with Crippen LogP contribution in [0.25, 0.3) is 0 Å². The molecular weight excluding hydrogens is 324 g/mol. The van der Waals surface area contributed by atoms with E-state index in [1.165, 1.54) is 0 Å². The molecule has 1 fully saturated rings. The fourth-order valence-electron chi connectivity index (χ4n) is 3.71. The third-order valence-corrected chi connectivity index (χ3v) is 5.26. The molecule has 0 aliphatic heterocycles. The first-order valence-electron chi connectivity index (χ1n) is 9.29. The first-order chi connectivity index (χ1) is 12.6. The van der Waals surface area contributed by atoms with Gasteiger partial charge >= 0.3 is 0 Å². The Balaban J connectivity index is 1.86. The number of likely N-dealkylation sites (N-methyl/N-ethyl adjacent to an activating group) is 1. The number of nitrogens with zero attached hydrogens (tertiary/aromatic N) is 2. The molecule has 0 radical (unpaired) electrons. The molecular formula is C22H26N2O2. The number of hydrogen-bond donors (Lipinski definition) is 0. The second-order valence-electron chi connectivity index (χ2n) is 6.84. The molecule has 2 aromatic carbocycles. The lowest BCUT2D eigenvalue weighted by Gasteiger charge is -2.26. The van der Waals surface area contributed by atoms with Gasteiger partial charge in [0.15, 0.2) is 12.8 Å². The highest BCUT2D eigenvalue weighted by Crippen LogP contribution is 2.54. The minimum absolute atomic E-state index is 0.0563. The average molecular weight is 350 g/mol. The molecule has 136 valence electrons. The molecule has 0 N–H and O–H groups in total. The zero-order valence-corrected chi connectivity index (χ0v) is 15.5. The van der Waals surface area contributed by atoms with Crippen molar-refractivity contribution in [3.63, 3.8) is 0 Å². The summed E-state index contributed by atoms with van der Waals surface area (Å²) in [6, 6.07) is 19.6. The molecule has 0 unspecified atom stereocenters. The van der Waals surface area contributed by atoms with Gasteiger partial charge in [0.1, 0.15) is 0 Å². The molecule has 2 atom stereocenters. The van der Waals surface area contributed by atoms with Crippen molar-refractivity contribution in [3.8, 4) is 0 Å². The van der Waals surface area contributed by atoms with Gasteiger partial charge < -0.3 is 10.1 Å². The van der Waals surface area contributed by atoms with Crippen LogP contribution in [-0.4, -0.2) is 34.9 Å². The quantitative estimate of drug-likeness (QED) is 0.331. The van der Waals surface area contributed by atoms with E-state index in [4.69, 9.17) is 0 Å². The number of carbonyl (C=O) groups excluding carboxylic acids is 1. The van der Waals surface area contributed by atoms with E-state index in [1.807, 2.05) is 79.4 Å². The number of hydroxylamine groups is 1. The summed E-state index contributed by atoms with van der Waals surface area (Å²) in [5.41, 5.74) is 1.39. The summed E-state index contributed by atoms with van der Waals surface area (Å²) >= 11 is 0. The molecule has 0 saturated heterocycles. The van der Waals surface area contributed by atoms with Gasteiger partial charge in [-0.2, -0.15) is 0 Å². The highest BCUT2D eigenvalue weighted by molar-refractivity contribution is 5.96. The maximum Gasteiger partial charge on any atom is 0.234 e. The van der Waals surface area contributed by atoms with Crippen LogP contribution in [0.2, 0.25) is 0 Å². The van der Waals surface area contributed by atoms with E-state index in [-0.39, 0.29) is 11.8 Å². The van der Waals surface area contributed by atoms with Crippen LogP contribution in [0.4, 0.5) is 0 Å². The van der Waals surface area contributed by atoms with Crippen LogP contribution in [-0.2, 0) is 16.8 Å². The lowest BCUT2D eigenvalue weighted by atomic mass is 9.91. The third-order valence-electron chi connectivity index (χ3n) is 5.26. The number of amides is 1. The van der Waals surface area contributed by atoms with Crippen molar-refractivity contribution in [2.45, 2.75) is 32.2 Å². The Labute approximate surface area is 155 Å². The molecule has 1 aliphatic carbocycles. The molecule has 1 amide bonds. The van der Waals surface area contributed by atoms with Crippen molar-refractivity contribution in [1.82, 2.24) is 4.90 Å². The standard InChI is InChI=1S/C22H26N2O2/c1-3-23(4-2)21(25)22(19-13-9-6-10-14-19)15-20(22)17-24(26)16-18-11-7-5-8-12-18/h5-14,17,20H,3-4,15-16H2,1-2H3/b24-17+/t20-,22+/m1/s1. The van der Waals surface area contributed by atoms with Gasteiger partial charge in [0.05, 0.1) is 11.3 Å². The van der Waals surface area contributed by atoms with Gasteiger partial charge in [-0.3, -0.25) is 4.79 Å². The second-order valence-corrected chi connectivity index (χ2v) is 6.84. The van der Waals surface area contributed by atoms with Gasteiger partial charge in [0.25, 0.3) is 0 Å².